The molecule has 0 unspecified atom stereocenters. The molecule has 0 atom stereocenters. The van der Waals surface area contributed by atoms with Gasteiger partial charge in [-0.15, -0.1) is 0 Å². The monoisotopic (exact) mass is 196 g/mol. The molecule has 0 rings (SSSR count). The predicted molar refractivity (Wildman–Crippen MR) is 41.1 cm³/mol. The molecule has 0 radical (unpaired) electrons. The highest BCUT2D eigenvalue weighted by molar-refractivity contribution is 14.1. The average molecular weight is 196 g/mol. The molecule has 0 aliphatic rings. The van der Waals surface area contributed by atoms with Crippen molar-refractivity contribution in [3.8, 4) is 0 Å². The average Bonchev–Trinajstić information content (AvgIpc) is 1.61. The Kier molecular flexibility index (Phi) is 6.56. The minimum Gasteiger partial charge on any atom is -0.0957 e. The van der Waals surface area contributed by atoms with Gasteiger partial charge in [0, 0.05) is 0 Å². The summed E-state index contributed by atoms with van der Waals surface area (Å²) in [5.41, 5.74) is 0. The van der Waals surface area contributed by atoms with Gasteiger partial charge < -0.3 is 0 Å². The van der Waals surface area contributed by atoms with Crippen LogP contribution in [0.3, 0.4) is 0 Å². The first kappa shape index (κ1) is 6.79. The number of halogens is 1. The van der Waals surface area contributed by atoms with Gasteiger partial charge in [0.2, 0.25) is 0 Å². The lowest BCUT2D eigenvalue weighted by Crippen LogP contribution is -1.86. The first-order chi connectivity index (χ1) is 2.91. The molecule has 0 aliphatic carbocycles. The van der Waals surface area contributed by atoms with Gasteiger partial charge in [0.25, 0.3) is 0 Å². The highest BCUT2D eigenvalue weighted by Gasteiger charge is 1.80. The predicted octanol–water partition coefficient (Wildman–Crippen LogP) is 1.64. The van der Waals surface area contributed by atoms with Gasteiger partial charge in [-0.3, -0.25) is 0 Å². The second kappa shape index (κ2) is 5.79. The molecule has 0 aliphatic heterocycles. The van der Waals surface area contributed by atoms with Crippen LogP contribution in [-0.2, 0) is 0 Å². The molecule has 0 saturated carbocycles. The molecular formula is C4H10BI. The summed E-state index contributed by atoms with van der Waals surface area (Å²) in [5.74, 6) is 0. The van der Waals surface area contributed by atoms with Gasteiger partial charge in [-0.25, -0.2) is 0 Å². The smallest absolute Gasteiger partial charge is 0.0957 e. The fraction of sp³-hybridized carbons (Fsp3) is 1.00. The first-order valence-corrected chi connectivity index (χ1v) is 4.00. The molecule has 0 saturated heterocycles. The van der Waals surface area contributed by atoms with E-state index in [2.05, 4.69) is 29.5 Å². The Hall–Kier alpha value is 0.795. The Morgan fingerprint density at radius 1 is 1.67 bits per heavy atom. The quantitative estimate of drug-likeness (QED) is 0.278. The maximum absolute atomic E-state index is 2.41. The van der Waals surface area contributed by atoms with Gasteiger partial charge >= 0.3 is 0 Å². The Morgan fingerprint density at radius 2 is 2.33 bits per heavy atom. The fourth-order valence-electron chi connectivity index (χ4n) is 0.344. The zero-order valence-corrected chi connectivity index (χ0v) is 6.36. The van der Waals surface area contributed by atoms with E-state index in [1.54, 1.807) is 0 Å². The van der Waals surface area contributed by atoms with Crippen LogP contribution in [-0.4, -0.2) is 11.6 Å². The minimum absolute atomic E-state index is 1.32. The molecule has 0 fully saturated rings. The Labute approximate surface area is 54.1 Å². The van der Waals surface area contributed by atoms with Gasteiger partial charge in [-0.05, 0) is 4.33 Å². The van der Waals surface area contributed by atoms with Crippen molar-refractivity contribution in [1.82, 2.24) is 0 Å². The molecule has 0 bridgehead atoms. The molecule has 2 heteroatoms. The van der Waals surface area contributed by atoms with Crippen LogP contribution in [0.5, 0.6) is 0 Å². The maximum atomic E-state index is 2.41. The molecule has 6 heavy (non-hydrogen) atoms. The normalized spacial score (nSPS) is 8.33. The van der Waals surface area contributed by atoms with Gasteiger partial charge in [0.05, 0.1) is 0 Å². The highest BCUT2D eigenvalue weighted by Crippen LogP contribution is 1.87. The van der Waals surface area contributed by atoms with E-state index >= 15 is 0 Å². The molecule has 0 aromatic carbocycles. The zero-order valence-electron chi connectivity index (χ0n) is 4.21. The van der Waals surface area contributed by atoms with Crippen LogP contribution in [0.4, 0.5) is 0 Å². The molecule has 0 spiro atoms. The largest absolute Gasteiger partial charge is 0.132 e. The van der Waals surface area contributed by atoms with E-state index in [1.165, 1.54) is 24.3 Å². The lowest BCUT2D eigenvalue weighted by molar-refractivity contribution is 1.07. The van der Waals surface area contributed by atoms with Crippen LogP contribution < -0.4 is 0 Å². The van der Waals surface area contributed by atoms with Crippen LogP contribution >= 0.6 is 22.6 Å². The van der Waals surface area contributed by atoms with Crippen LogP contribution in [0, 0.1) is 0 Å². The number of hydrogen-bond donors (Lipinski definition) is 0. The highest BCUT2D eigenvalue weighted by atomic mass is 127. The Bertz CT molecular complexity index is 19.5. The van der Waals surface area contributed by atoms with E-state index in [0.717, 1.165) is 0 Å². The summed E-state index contributed by atoms with van der Waals surface area (Å²) in [6.07, 6.45) is 2.76. The van der Waals surface area contributed by atoms with Crippen molar-refractivity contribution in [2.75, 3.05) is 4.33 Å². The van der Waals surface area contributed by atoms with Gasteiger partial charge in [-0.1, -0.05) is 42.3 Å². The third-order valence-corrected chi connectivity index (χ3v) is 1.50. The van der Waals surface area contributed by atoms with Gasteiger partial charge in [0.15, 0.2) is 0 Å². The van der Waals surface area contributed by atoms with Crippen LogP contribution in [0.2, 0.25) is 6.32 Å². The zero-order chi connectivity index (χ0) is 4.83. The van der Waals surface area contributed by atoms with E-state index < -0.39 is 0 Å². The summed E-state index contributed by atoms with van der Waals surface area (Å²) in [7, 11) is 1.40. The molecule has 0 nitrogen and oxygen atoms in total. The van der Waals surface area contributed by atoms with Crippen molar-refractivity contribution >= 4 is 29.9 Å². The summed E-state index contributed by atoms with van der Waals surface area (Å²) in [6, 6.07) is 0. The molecule has 0 N–H and O–H groups in total. The third kappa shape index (κ3) is 4.79. The standard InChI is InChI=1S/C4H10BI/c1-2-3-5-4-6/h5H,2-4H2,1H3. The molecule has 0 heterocycles. The lowest BCUT2D eigenvalue weighted by atomic mass is 9.77. The van der Waals surface area contributed by atoms with Crippen molar-refractivity contribution in [1.29, 1.82) is 0 Å². The second-order valence-corrected chi connectivity index (χ2v) is 2.47. The van der Waals surface area contributed by atoms with E-state index in [0.29, 0.717) is 0 Å². The van der Waals surface area contributed by atoms with Crippen LogP contribution in [0.25, 0.3) is 0 Å². The molecule has 0 aromatic rings. The van der Waals surface area contributed by atoms with Crippen LogP contribution in [0.15, 0.2) is 0 Å². The van der Waals surface area contributed by atoms with Crippen molar-refractivity contribution in [3.63, 3.8) is 0 Å². The SMILES string of the molecule is CCCBCI. The fourth-order valence-corrected chi connectivity index (χ4v) is 0.884. The Balaban J connectivity index is 2.34. The van der Waals surface area contributed by atoms with Gasteiger partial charge in [-0.2, -0.15) is 0 Å². The van der Waals surface area contributed by atoms with Crippen molar-refractivity contribution < 1.29 is 0 Å². The topological polar surface area (TPSA) is 0 Å². The Morgan fingerprint density at radius 3 is 2.50 bits per heavy atom. The molecule has 0 amide bonds. The lowest BCUT2D eigenvalue weighted by Gasteiger charge is -1.82. The van der Waals surface area contributed by atoms with Crippen LogP contribution in [0.1, 0.15) is 13.3 Å². The number of alkyl halides is 1. The number of rotatable bonds is 3. The number of hydrogen-bond acceptors (Lipinski definition) is 0. The van der Waals surface area contributed by atoms with E-state index in [-0.39, 0.29) is 0 Å². The summed E-state index contributed by atoms with van der Waals surface area (Å²) in [5, 5.41) is 0. The third-order valence-electron chi connectivity index (χ3n) is 0.737. The van der Waals surface area contributed by atoms with E-state index in [1.807, 2.05) is 0 Å². The maximum Gasteiger partial charge on any atom is 0.132 e. The van der Waals surface area contributed by atoms with Crippen molar-refractivity contribution in [2.45, 2.75) is 19.7 Å². The van der Waals surface area contributed by atoms with Crippen molar-refractivity contribution in [2.24, 2.45) is 0 Å². The second-order valence-electron chi connectivity index (χ2n) is 1.40. The minimum atomic E-state index is 1.32. The first-order valence-electron chi connectivity index (χ1n) is 2.47. The molecule has 0 aromatic heterocycles. The summed E-state index contributed by atoms with van der Waals surface area (Å²) in [4.78, 5) is 0. The summed E-state index contributed by atoms with van der Waals surface area (Å²) in [6.45, 7) is 2.23. The van der Waals surface area contributed by atoms with E-state index in [9.17, 15) is 0 Å². The van der Waals surface area contributed by atoms with E-state index in [4.69, 9.17) is 0 Å². The van der Waals surface area contributed by atoms with Crippen molar-refractivity contribution in [3.05, 3.63) is 0 Å². The summed E-state index contributed by atoms with van der Waals surface area (Å²) >= 11 is 2.41. The molecule has 36 valence electrons. The summed E-state index contributed by atoms with van der Waals surface area (Å²) < 4.78 is 1.32. The van der Waals surface area contributed by atoms with Gasteiger partial charge in [0.1, 0.15) is 7.28 Å². The molecular weight excluding hydrogens is 186 g/mol.